The average molecular weight is 571 g/mol. The van der Waals surface area contributed by atoms with Gasteiger partial charge >= 0.3 is 47.9 Å². The fourth-order valence-electron chi connectivity index (χ4n) is 2.65. The van der Waals surface area contributed by atoms with Crippen LogP contribution < -0.4 is 0 Å². The third kappa shape index (κ3) is 4.66. The van der Waals surface area contributed by atoms with Gasteiger partial charge in [0.2, 0.25) is 0 Å². The Morgan fingerprint density at radius 1 is 0.528 bits per heavy atom. The highest BCUT2D eigenvalue weighted by molar-refractivity contribution is 5.40. The van der Waals surface area contributed by atoms with Crippen LogP contribution in [0.25, 0.3) is 0 Å². The summed E-state index contributed by atoms with van der Waals surface area (Å²) in [7, 11) is 0. The maximum atomic E-state index is 14.4. The molecular formula is C17H9F18O. The Balaban J connectivity index is 3.94. The van der Waals surface area contributed by atoms with Crippen LogP contribution >= 0.6 is 0 Å². The van der Waals surface area contributed by atoms with Crippen LogP contribution in [0.5, 0.6) is 0 Å². The molecule has 0 heterocycles. The molecule has 1 nitrogen and oxygen atoms in total. The number of rotatable bonds is 9. The second kappa shape index (κ2) is 9.04. The lowest BCUT2D eigenvalue weighted by atomic mass is 9.87. The van der Waals surface area contributed by atoms with E-state index in [2.05, 4.69) is 0 Å². The van der Waals surface area contributed by atoms with Gasteiger partial charge in [-0.1, -0.05) is 12.1 Å². The number of alkyl halides is 18. The van der Waals surface area contributed by atoms with Crippen LogP contribution in [0.15, 0.2) is 18.2 Å². The Morgan fingerprint density at radius 2 is 0.917 bits per heavy atom. The highest BCUT2D eigenvalue weighted by Crippen LogP contribution is 2.59. The summed E-state index contributed by atoms with van der Waals surface area (Å²) in [5.41, 5.74) is -7.55. The highest BCUT2D eigenvalue weighted by atomic mass is 19.4. The molecule has 0 bridgehead atoms. The SMILES string of the molecule is [O]CCCc1ccc(C(F)(F)C(F)(F)C(F)(F)C(F)(F)F)cc1C(F)(F)C(F)(F)C(F)(F)C(F)(F)F. The molecule has 19 heteroatoms. The van der Waals surface area contributed by atoms with Crippen LogP contribution in [0.4, 0.5) is 79.0 Å². The van der Waals surface area contributed by atoms with Gasteiger partial charge < -0.3 is 0 Å². The van der Waals surface area contributed by atoms with Crippen molar-refractivity contribution in [1.29, 1.82) is 0 Å². The van der Waals surface area contributed by atoms with Crippen molar-refractivity contribution in [3.63, 3.8) is 0 Å². The van der Waals surface area contributed by atoms with E-state index in [9.17, 15) is 84.1 Å². The minimum absolute atomic E-state index is 0.328. The van der Waals surface area contributed by atoms with Gasteiger partial charge in [0.1, 0.15) is 0 Å². The Hall–Kier alpha value is -2.08. The smallest absolute Gasteiger partial charge is 0.237 e. The quantitative estimate of drug-likeness (QED) is 0.269. The fourth-order valence-corrected chi connectivity index (χ4v) is 2.65. The molecule has 0 aromatic heterocycles. The summed E-state index contributed by atoms with van der Waals surface area (Å²) in [6, 6.07) is -2.22. The Morgan fingerprint density at radius 3 is 1.28 bits per heavy atom. The molecule has 0 amide bonds. The van der Waals surface area contributed by atoms with Crippen molar-refractivity contribution in [3.05, 3.63) is 34.9 Å². The molecule has 0 saturated carbocycles. The molecule has 1 aromatic rings. The first-order valence-corrected chi connectivity index (χ1v) is 8.78. The van der Waals surface area contributed by atoms with Gasteiger partial charge in [0.15, 0.2) is 0 Å². The van der Waals surface area contributed by atoms with Crippen LogP contribution in [-0.2, 0) is 23.4 Å². The van der Waals surface area contributed by atoms with Crippen molar-refractivity contribution < 1.29 is 84.1 Å². The van der Waals surface area contributed by atoms with E-state index < -0.39 is 96.2 Å². The minimum Gasteiger partial charge on any atom is -0.237 e. The van der Waals surface area contributed by atoms with Gasteiger partial charge in [-0.2, -0.15) is 79.0 Å². The predicted octanol–water partition coefficient (Wildman–Crippen LogP) is 7.90. The largest absolute Gasteiger partial charge is 0.460 e. The summed E-state index contributed by atoms with van der Waals surface area (Å²) in [5.74, 6) is -44.0. The Kier molecular flexibility index (Phi) is 8.02. The lowest BCUT2D eigenvalue weighted by molar-refractivity contribution is -0.400. The molecule has 1 aromatic carbocycles. The molecule has 1 rings (SSSR count). The summed E-state index contributed by atoms with van der Waals surface area (Å²) in [5, 5.41) is 10.5. The number of benzene rings is 1. The molecule has 0 N–H and O–H groups in total. The molecular weight excluding hydrogens is 562 g/mol. The Labute approximate surface area is 187 Å². The molecule has 0 spiro atoms. The minimum atomic E-state index is -7.61. The van der Waals surface area contributed by atoms with Gasteiger partial charge in [0.05, 0.1) is 6.61 Å². The molecule has 209 valence electrons. The maximum Gasteiger partial charge on any atom is 0.460 e. The van der Waals surface area contributed by atoms with Crippen molar-refractivity contribution >= 4 is 0 Å². The zero-order valence-corrected chi connectivity index (χ0v) is 16.6. The highest BCUT2D eigenvalue weighted by Gasteiger charge is 2.83. The van der Waals surface area contributed by atoms with E-state index in [1.165, 1.54) is 0 Å². The van der Waals surface area contributed by atoms with Gasteiger partial charge in [0.25, 0.3) is 0 Å². The second-order valence-electron chi connectivity index (χ2n) is 7.12. The molecule has 0 fully saturated rings. The summed E-state index contributed by atoms with van der Waals surface area (Å²) in [6.07, 6.45) is -16.9. The van der Waals surface area contributed by atoms with Crippen LogP contribution in [0, 0.1) is 0 Å². The van der Waals surface area contributed by atoms with E-state index in [0.29, 0.717) is 0 Å². The maximum absolute atomic E-state index is 14.4. The molecule has 36 heavy (non-hydrogen) atoms. The van der Waals surface area contributed by atoms with Crippen LogP contribution in [0.3, 0.4) is 0 Å². The van der Waals surface area contributed by atoms with Gasteiger partial charge in [-0.15, -0.1) is 0 Å². The van der Waals surface area contributed by atoms with E-state index in [1.54, 1.807) is 0 Å². The first kappa shape index (κ1) is 31.9. The monoisotopic (exact) mass is 571 g/mol. The number of halogens is 18. The first-order valence-electron chi connectivity index (χ1n) is 8.78. The van der Waals surface area contributed by atoms with Crippen molar-refractivity contribution in [3.8, 4) is 0 Å². The van der Waals surface area contributed by atoms with E-state index >= 15 is 0 Å². The molecule has 1 radical (unpaired) electrons. The number of hydrogen-bond acceptors (Lipinski definition) is 0. The third-order valence-corrected chi connectivity index (χ3v) is 4.69. The summed E-state index contributed by atoms with van der Waals surface area (Å²) < 4.78 is 238. The van der Waals surface area contributed by atoms with E-state index in [0.717, 1.165) is 0 Å². The van der Waals surface area contributed by atoms with Gasteiger partial charge in [-0.3, -0.25) is 0 Å². The van der Waals surface area contributed by atoms with E-state index in [4.69, 9.17) is 0 Å². The Bertz CT molecular complexity index is 927. The van der Waals surface area contributed by atoms with Gasteiger partial charge in [-0.05, 0) is 24.5 Å². The standard InChI is InChI=1S/C17H9F18O/c18-10(19,12(22,23)14(26,27)16(30,31)32)8-4-3-7(2-1-5-36)9(6-8)11(20,21)13(24,25)15(28,29)17(33,34)35/h3-4,6H,1-2,5H2. The molecule has 0 saturated heterocycles. The molecule has 0 aliphatic heterocycles. The van der Waals surface area contributed by atoms with Crippen molar-refractivity contribution in [2.45, 2.75) is 60.7 Å². The number of aryl methyl sites for hydroxylation is 1. The van der Waals surface area contributed by atoms with Gasteiger partial charge in [-0.25, -0.2) is 5.11 Å². The van der Waals surface area contributed by atoms with Crippen molar-refractivity contribution in [2.75, 3.05) is 6.61 Å². The molecule has 0 aliphatic rings. The van der Waals surface area contributed by atoms with Crippen LogP contribution in [-0.4, -0.2) is 42.6 Å². The normalized spacial score (nSPS) is 15.4. The zero-order valence-electron chi connectivity index (χ0n) is 16.6. The summed E-state index contributed by atoms with van der Waals surface area (Å²) in [4.78, 5) is 0. The first-order chi connectivity index (χ1) is 15.7. The topological polar surface area (TPSA) is 19.9 Å². The third-order valence-electron chi connectivity index (χ3n) is 4.69. The lowest BCUT2D eigenvalue weighted by Crippen LogP contribution is -2.60. The lowest BCUT2D eigenvalue weighted by Gasteiger charge is -2.36. The zero-order chi connectivity index (χ0) is 29.0. The number of hydrogen-bond donors (Lipinski definition) is 0. The van der Waals surface area contributed by atoms with Crippen molar-refractivity contribution in [1.82, 2.24) is 0 Å². The van der Waals surface area contributed by atoms with Crippen molar-refractivity contribution in [2.24, 2.45) is 0 Å². The summed E-state index contributed by atoms with van der Waals surface area (Å²) in [6.45, 7) is -1.27. The predicted molar refractivity (Wildman–Crippen MR) is 80.0 cm³/mol. The average Bonchev–Trinajstić information content (AvgIpc) is 2.69. The van der Waals surface area contributed by atoms with E-state index in [-0.39, 0.29) is 6.07 Å². The summed E-state index contributed by atoms with van der Waals surface area (Å²) >= 11 is 0. The van der Waals surface area contributed by atoms with Gasteiger partial charge in [0, 0.05) is 11.1 Å². The van der Waals surface area contributed by atoms with E-state index in [1.807, 2.05) is 0 Å². The molecule has 0 atom stereocenters. The fraction of sp³-hybridized carbons (Fsp3) is 0.647. The van der Waals surface area contributed by atoms with Crippen LogP contribution in [0.1, 0.15) is 23.1 Å². The van der Waals surface area contributed by atoms with Crippen LogP contribution in [0.2, 0.25) is 0 Å². The second-order valence-corrected chi connectivity index (χ2v) is 7.12. The molecule has 0 unspecified atom stereocenters. The molecule has 0 aliphatic carbocycles.